The number of benzene rings is 1. The lowest BCUT2D eigenvalue weighted by molar-refractivity contribution is -0.143. The van der Waals surface area contributed by atoms with Gasteiger partial charge in [0.15, 0.2) is 11.6 Å². The summed E-state index contributed by atoms with van der Waals surface area (Å²) in [6, 6.07) is 1.94. The fourth-order valence-electron chi connectivity index (χ4n) is 3.77. The summed E-state index contributed by atoms with van der Waals surface area (Å²) in [6.45, 7) is -0.108. The molecule has 0 aromatic heterocycles. The van der Waals surface area contributed by atoms with E-state index in [0.29, 0.717) is 0 Å². The summed E-state index contributed by atoms with van der Waals surface area (Å²) >= 11 is 0. The molecule has 27 heavy (non-hydrogen) atoms. The summed E-state index contributed by atoms with van der Waals surface area (Å²) in [5.74, 6) is -2.41. The Labute approximate surface area is 151 Å². The number of nitrogens with zero attached hydrogens (tertiary/aromatic N) is 2. The van der Waals surface area contributed by atoms with Gasteiger partial charge in [-0.3, -0.25) is 4.99 Å². The minimum atomic E-state index is -4.42. The monoisotopic (exact) mass is 391 g/mol. The number of hydrogen-bond donors (Lipinski definition) is 2. The SMILES string of the molecule is O=C(O)N[C@@H]1CC[C@@H](c2cccc(F)c2F)CN2C1=NCC2CC(F)(F)F. The van der Waals surface area contributed by atoms with Gasteiger partial charge in [-0.1, -0.05) is 12.1 Å². The Hall–Kier alpha value is -2.39. The molecule has 0 bridgehead atoms. The van der Waals surface area contributed by atoms with Crippen LogP contribution in [0.1, 0.15) is 30.7 Å². The number of amidine groups is 1. The zero-order valence-corrected chi connectivity index (χ0v) is 14.1. The van der Waals surface area contributed by atoms with E-state index in [9.17, 15) is 26.7 Å². The molecule has 2 aliphatic rings. The third-order valence-corrected chi connectivity index (χ3v) is 4.92. The Morgan fingerprint density at radius 3 is 2.70 bits per heavy atom. The second-order valence-electron chi connectivity index (χ2n) is 6.74. The van der Waals surface area contributed by atoms with Crippen molar-refractivity contribution < 1.29 is 31.9 Å². The van der Waals surface area contributed by atoms with Crippen molar-refractivity contribution in [3.05, 3.63) is 35.4 Å². The average molecular weight is 391 g/mol. The van der Waals surface area contributed by atoms with Crippen LogP contribution in [0.3, 0.4) is 0 Å². The maximum atomic E-state index is 14.2. The summed E-state index contributed by atoms with van der Waals surface area (Å²) in [7, 11) is 0. The fraction of sp³-hybridized carbons (Fsp3) is 0.529. The van der Waals surface area contributed by atoms with Crippen LogP contribution in [0.15, 0.2) is 23.2 Å². The van der Waals surface area contributed by atoms with E-state index in [1.165, 1.54) is 17.0 Å². The summed E-state index contributed by atoms with van der Waals surface area (Å²) in [5.41, 5.74) is 0.0722. The topological polar surface area (TPSA) is 64.9 Å². The third-order valence-electron chi connectivity index (χ3n) is 4.92. The lowest BCUT2D eigenvalue weighted by Gasteiger charge is -2.31. The van der Waals surface area contributed by atoms with E-state index in [2.05, 4.69) is 10.3 Å². The van der Waals surface area contributed by atoms with Crippen molar-refractivity contribution in [2.24, 2.45) is 4.99 Å². The predicted octanol–water partition coefficient (Wildman–Crippen LogP) is 3.51. The van der Waals surface area contributed by atoms with Gasteiger partial charge in [0, 0.05) is 12.5 Å². The Morgan fingerprint density at radius 2 is 2.04 bits per heavy atom. The lowest BCUT2D eigenvalue weighted by atomic mass is 9.92. The highest BCUT2D eigenvalue weighted by molar-refractivity contribution is 5.92. The van der Waals surface area contributed by atoms with Gasteiger partial charge in [0.25, 0.3) is 0 Å². The standard InChI is InChI=1S/C17H18F5N3O2/c18-12-3-1-2-11(14(12)19)9-4-5-13(24-16(26)27)15-23-7-10(25(15)8-9)6-17(20,21)22/h1-3,9-10,13,24H,4-8H2,(H,26,27)/t9-,10?,13-/m1/s1. The molecule has 1 amide bonds. The van der Waals surface area contributed by atoms with E-state index in [0.717, 1.165) is 6.07 Å². The number of aliphatic imine (C=N–C) groups is 1. The molecular weight excluding hydrogens is 373 g/mol. The first-order valence-electron chi connectivity index (χ1n) is 8.47. The molecule has 3 rings (SSSR count). The van der Waals surface area contributed by atoms with Crippen molar-refractivity contribution in [3.63, 3.8) is 0 Å². The van der Waals surface area contributed by atoms with E-state index >= 15 is 0 Å². The first-order valence-corrected chi connectivity index (χ1v) is 8.47. The summed E-state index contributed by atoms with van der Waals surface area (Å²) < 4.78 is 66.6. The molecule has 0 saturated carbocycles. The van der Waals surface area contributed by atoms with Crippen molar-refractivity contribution in [3.8, 4) is 0 Å². The minimum absolute atomic E-state index is 0.0117. The maximum absolute atomic E-state index is 14.2. The highest BCUT2D eigenvalue weighted by atomic mass is 19.4. The maximum Gasteiger partial charge on any atom is 0.405 e. The van der Waals surface area contributed by atoms with Crippen molar-refractivity contribution >= 4 is 11.9 Å². The van der Waals surface area contributed by atoms with Crippen LogP contribution in [0, 0.1) is 11.6 Å². The van der Waals surface area contributed by atoms with Crippen molar-refractivity contribution in [1.82, 2.24) is 10.2 Å². The fourth-order valence-corrected chi connectivity index (χ4v) is 3.77. The highest BCUT2D eigenvalue weighted by Gasteiger charge is 2.43. The second kappa shape index (κ2) is 7.32. The Kier molecular flexibility index (Phi) is 5.25. The molecule has 3 atom stereocenters. The van der Waals surface area contributed by atoms with Gasteiger partial charge in [0.05, 0.1) is 25.0 Å². The predicted molar refractivity (Wildman–Crippen MR) is 86.7 cm³/mol. The first kappa shape index (κ1) is 19.4. The van der Waals surface area contributed by atoms with Gasteiger partial charge < -0.3 is 15.3 Å². The highest BCUT2D eigenvalue weighted by Crippen LogP contribution is 2.35. The Morgan fingerprint density at radius 1 is 1.30 bits per heavy atom. The molecule has 2 aliphatic heterocycles. The van der Waals surface area contributed by atoms with E-state index in [-0.39, 0.29) is 37.3 Å². The molecule has 1 fully saturated rings. The van der Waals surface area contributed by atoms with Gasteiger partial charge in [0.2, 0.25) is 0 Å². The van der Waals surface area contributed by atoms with Gasteiger partial charge in [-0.05, 0) is 24.5 Å². The van der Waals surface area contributed by atoms with Crippen LogP contribution in [-0.4, -0.2) is 53.3 Å². The van der Waals surface area contributed by atoms with E-state index in [1.54, 1.807) is 0 Å². The van der Waals surface area contributed by atoms with Crippen molar-refractivity contribution in [1.29, 1.82) is 0 Å². The number of carboxylic acid groups (broad SMARTS) is 1. The molecule has 1 aromatic rings. The van der Waals surface area contributed by atoms with Crippen molar-refractivity contribution in [2.45, 2.75) is 43.4 Å². The first-order chi connectivity index (χ1) is 12.7. The number of hydrogen-bond acceptors (Lipinski definition) is 3. The zero-order valence-electron chi connectivity index (χ0n) is 14.1. The van der Waals surface area contributed by atoms with E-state index in [4.69, 9.17) is 5.11 Å². The van der Waals surface area contributed by atoms with Gasteiger partial charge >= 0.3 is 12.3 Å². The Bertz CT molecular complexity index is 753. The molecule has 0 radical (unpaired) electrons. The normalized spacial score (nSPS) is 25.6. The van der Waals surface area contributed by atoms with Gasteiger partial charge in [-0.2, -0.15) is 13.2 Å². The number of halogens is 5. The van der Waals surface area contributed by atoms with Gasteiger partial charge in [0.1, 0.15) is 5.84 Å². The van der Waals surface area contributed by atoms with Crippen molar-refractivity contribution in [2.75, 3.05) is 13.1 Å². The molecule has 0 spiro atoms. The van der Waals surface area contributed by atoms with Crippen LogP contribution in [0.5, 0.6) is 0 Å². The molecular formula is C17H18F5N3O2. The van der Waals surface area contributed by atoms with Gasteiger partial charge in [-0.15, -0.1) is 0 Å². The molecule has 0 aliphatic carbocycles. The summed E-state index contributed by atoms with van der Waals surface area (Å²) in [4.78, 5) is 16.6. The lowest BCUT2D eigenvalue weighted by Crippen LogP contribution is -2.49. The van der Waals surface area contributed by atoms with Crippen LogP contribution in [-0.2, 0) is 0 Å². The summed E-state index contributed by atoms with van der Waals surface area (Å²) in [5, 5.41) is 11.3. The average Bonchev–Trinajstić information content (AvgIpc) is 2.83. The minimum Gasteiger partial charge on any atom is -0.465 e. The molecule has 1 aromatic carbocycles. The third kappa shape index (κ3) is 4.30. The van der Waals surface area contributed by atoms with E-state index in [1.807, 2.05) is 0 Å². The van der Waals surface area contributed by atoms with Crippen LogP contribution >= 0.6 is 0 Å². The number of carbonyl (C=O) groups is 1. The number of amides is 1. The molecule has 148 valence electrons. The van der Waals surface area contributed by atoms with Crippen LogP contribution < -0.4 is 5.32 Å². The molecule has 1 unspecified atom stereocenters. The second-order valence-corrected chi connectivity index (χ2v) is 6.74. The Balaban J connectivity index is 1.91. The number of alkyl halides is 3. The van der Waals surface area contributed by atoms with Crippen LogP contribution in [0.4, 0.5) is 26.7 Å². The van der Waals surface area contributed by atoms with Gasteiger partial charge in [-0.25, -0.2) is 13.6 Å². The van der Waals surface area contributed by atoms with E-state index < -0.39 is 48.3 Å². The smallest absolute Gasteiger partial charge is 0.405 e. The molecule has 1 saturated heterocycles. The molecule has 2 N–H and O–H groups in total. The van der Waals surface area contributed by atoms with Crippen LogP contribution in [0.2, 0.25) is 0 Å². The zero-order chi connectivity index (χ0) is 19.8. The van der Waals surface area contributed by atoms with Crippen LogP contribution in [0.25, 0.3) is 0 Å². The molecule has 5 nitrogen and oxygen atoms in total. The summed E-state index contributed by atoms with van der Waals surface area (Å²) in [6.07, 6.45) is -6.35. The number of rotatable bonds is 3. The number of nitrogens with one attached hydrogen (secondary N) is 1. The number of fused-ring (bicyclic) bond motifs is 1. The molecule has 10 heteroatoms. The quantitative estimate of drug-likeness (QED) is 0.775. The largest absolute Gasteiger partial charge is 0.465 e. The molecule has 2 heterocycles.